The van der Waals surface area contributed by atoms with Gasteiger partial charge in [-0.3, -0.25) is 0 Å². The van der Waals surface area contributed by atoms with Crippen LogP contribution in [0.2, 0.25) is 0 Å². The van der Waals surface area contributed by atoms with Crippen molar-refractivity contribution in [3.05, 3.63) is 70.5 Å². The van der Waals surface area contributed by atoms with Crippen molar-refractivity contribution in [3.63, 3.8) is 0 Å². The van der Waals surface area contributed by atoms with Gasteiger partial charge >= 0.3 is 0 Å². The standard InChI is InChI=1S/C22H23BrN2O3/c1-26-20-7-5-16(6-8-20)21-25-19(15-28-21)14-24-22(9-11-27-12-10-22)17-3-2-4-18(23)13-17/h2-8,13,15,24H,9-12,14H2,1H3. The Morgan fingerprint density at radius 2 is 1.93 bits per heavy atom. The summed E-state index contributed by atoms with van der Waals surface area (Å²) < 4.78 is 17.6. The van der Waals surface area contributed by atoms with Gasteiger partial charge in [-0.2, -0.15) is 0 Å². The van der Waals surface area contributed by atoms with E-state index < -0.39 is 0 Å². The molecule has 146 valence electrons. The van der Waals surface area contributed by atoms with Crippen LogP contribution in [-0.2, 0) is 16.8 Å². The van der Waals surface area contributed by atoms with Crippen LogP contribution in [-0.4, -0.2) is 25.3 Å². The Morgan fingerprint density at radius 1 is 1.14 bits per heavy atom. The minimum atomic E-state index is -0.124. The topological polar surface area (TPSA) is 56.5 Å². The summed E-state index contributed by atoms with van der Waals surface area (Å²) in [6.45, 7) is 2.12. The first-order chi connectivity index (χ1) is 13.7. The van der Waals surface area contributed by atoms with Crippen LogP contribution in [0.25, 0.3) is 11.5 Å². The summed E-state index contributed by atoms with van der Waals surface area (Å²) in [5.74, 6) is 1.43. The largest absolute Gasteiger partial charge is 0.497 e. The molecule has 0 bridgehead atoms. The Bertz CT molecular complexity index is 918. The van der Waals surface area contributed by atoms with Gasteiger partial charge in [0.2, 0.25) is 5.89 Å². The van der Waals surface area contributed by atoms with Crippen molar-refractivity contribution in [1.29, 1.82) is 0 Å². The molecule has 1 N–H and O–H groups in total. The van der Waals surface area contributed by atoms with E-state index in [9.17, 15) is 0 Å². The van der Waals surface area contributed by atoms with E-state index in [-0.39, 0.29) is 5.54 Å². The van der Waals surface area contributed by atoms with Gasteiger partial charge in [0.25, 0.3) is 0 Å². The van der Waals surface area contributed by atoms with E-state index in [1.807, 2.05) is 24.3 Å². The zero-order chi connectivity index (χ0) is 19.4. The first kappa shape index (κ1) is 19.2. The second-order valence-electron chi connectivity index (χ2n) is 6.93. The third-order valence-electron chi connectivity index (χ3n) is 5.22. The third-order valence-corrected chi connectivity index (χ3v) is 5.71. The first-order valence-corrected chi connectivity index (χ1v) is 10.2. The first-order valence-electron chi connectivity index (χ1n) is 9.36. The molecule has 2 aromatic carbocycles. The van der Waals surface area contributed by atoms with Crippen molar-refractivity contribution in [2.75, 3.05) is 20.3 Å². The average Bonchev–Trinajstić information content (AvgIpc) is 3.22. The molecule has 0 saturated carbocycles. The summed E-state index contributed by atoms with van der Waals surface area (Å²) in [6.07, 6.45) is 3.57. The molecule has 0 atom stereocenters. The van der Waals surface area contributed by atoms with Gasteiger partial charge in [-0.05, 0) is 54.8 Å². The summed E-state index contributed by atoms with van der Waals surface area (Å²) in [5, 5.41) is 3.73. The number of rotatable bonds is 6. The number of halogens is 1. The number of oxazole rings is 1. The molecular formula is C22H23BrN2O3. The fraction of sp³-hybridized carbons (Fsp3) is 0.318. The second kappa shape index (κ2) is 8.47. The highest BCUT2D eigenvalue weighted by atomic mass is 79.9. The lowest BCUT2D eigenvalue weighted by atomic mass is 9.82. The van der Waals surface area contributed by atoms with Gasteiger partial charge in [0.15, 0.2) is 0 Å². The minimum Gasteiger partial charge on any atom is -0.497 e. The lowest BCUT2D eigenvalue weighted by Crippen LogP contribution is -2.46. The van der Waals surface area contributed by atoms with Crippen LogP contribution < -0.4 is 10.1 Å². The minimum absolute atomic E-state index is 0.124. The van der Waals surface area contributed by atoms with Crippen LogP contribution >= 0.6 is 15.9 Å². The zero-order valence-electron chi connectivity index (χ0n) is 15.8. The average molecular weight is 443 g/mol. The molecule has 6 heteroatoms. The van der Waals surface area contributed by atoms with Crippen molar-refractivity contribution in [3.8, 4) is 17.2 Å². The summed E-state index contributed by atoms with van der Waals surface area (Å²) in [6, 6.07) is 16.2. The molecule has 0 amide bonds. The fourth-order valence-electron chi connectivity index (χ4n) is 3.59. The van der Waals surface area contributed by atoms with E-state index in [4.69, 9.17) is 13.9 Å². The Kier molecular flexibility index (Phi) is 5.80. The highest BCUT2D eigenvalue weighted by Gasteiger charge is 2.34. The molecule has 1 saturated heterocycles. The van der Waals surface area contributed by atoms with Crippen molar-refractivity contribution < 1.29 is 13.9 Å². The SMILES string of the molecule is COc1ccc(-c2nc(CNC3(c4cccc(Br)c4)CCOCC3)co2)cc1. The smallest absolute Gasteiger partial charge is 0.226 e. The monoisotopic (exact) mass is 442 g/mol. The molecular weight excluding hydrogens is 420 g/mol. The molecule has 4 rings (SSSR count). The molecule has 0 unspecified atom stereocenters. The lowest BCUT2D eigenvalue weighted by Gasteiger charge is -2.38. The van der Waals surface area contributed by atoms with Crippen LogP contribution in [0.4, 0.5) is 0 Å². The van der Waals surface area contributed by atoms with Crippen LogP contribution in [0.3, 0.4) is 0 Å². The normalized spacial score (nSPS) is 16.1. The van der Waals surface area contributed by atoms with E-state index in [1.165, 1.54) is 5.56 Å². The van der Waals surface area contributed by atoms with Crippen molar-refractivity contribution in [2.24, 2.45) is 0 Å². The van der Waals surface area contributed by atoms with E-state index in [1.54, 1.807) is 13.4 Å². The number of hydrogen-bond donors (Lipinski definition) is 1. The fourth-order valence-corrected chi connectivity index (χ4v) is 3.99. The quantitative estimate of drug-likeness (QED) is 0.587. The van der Waals surface area contributed by atoms with Gasteiger partial charge in [-0.1, -0.05) is 28.1 Å². The predicted molar refractivity (Wildman–Crippen MR) is 111 cm³/mol. The Hall–Kier alpha value is -2.15. The Labute approximate surface area is 173 Å². The number of methoxy groups -OCH3 is 1. The number of ether oxygens (including phenoxy) is 2. The molecule has 1 aromatic heterocycles. The van der Waals surface area contributed by atoms with Crippen LogP contribution in [0, 0.1) is 0 Å². The van der Waals surface area contributed by atoms with Gasteiger partial charge in [0.1, 0.15) is 12.0 Å². The maximum atomic E-state index is 5.70. The van der Waals surface area contributed by atoms with Gasteiger partial charge in [-0.15, -0.1) is 0 Å². The number of aromatic nitrogens is 1. The van der Waals surface area contributed by atoms with E-state index in [0.717, 1.165) is 47.5 Å². The molecule has 1 fully saturated rings. The van der Waals surface area contributed by atoms with Crippen LogP contribution in [0.5, 0.6) is 5.75 Å². The molecule has 0 aliphatic carbocycles. The molecule has 0 spiro atoms. The summed E-state index contributed by atoms with van der Waals surface area (Å²) in [4.78, 5) is 4.65. The lowest BCUT2D eigenvalue weighted by molar-refractivity contribution is 0.0356. The van der Waals surface area contributed by atoms with Crippen molar-refractivity contribution in [2.45, 2.75) is 24.9 Å². The van der Waals surface area contributed by atoms with Crippen molar-refractivity contribution >= 4 is 15.9 Å². The van der Waals surface area contributed by atoms with Crippen molar-refractivity contribution in [1.82, 2.24) is 10.3 Å². The molecule has 1 aliphatic rings. The summed E-state index contributed by atoms with van der Waals surface area (Å²) in [5.41, 5.74) is 2.96. The summed E-state index contributed by atoms with van der Waals surface area (Å²) >= 11 is 3.59. The van der Waals surface area contributed by atoms with E-state index in [0.29, 0.717) is 12.4 Å². The molecule has 28 heavy (non-hydrogen) atoms. The maximum absolute atomic E-state index is 5.70. The number of nitrogens with zero attached hydrogens (tertiary/aromatic N) is 1. The number of hydrogen-bond acceptors (Lipinski definition) is 5. The van der Waals surface area contributed by atoms with Crippen LogP contribution in [0.1, 0.15) is 24.1 Å². The zero-order valence-corrected chi connectivity index (χ0v) is 17.4. The van der Waals surface area contributed by atoms with E-state index in [2.05, 4.69) is 50.5 Å². The molecule has 2 heterocycles. The highest BCUT2D eigenvalue weighted by Crippen LogP contribution is 2.34. The number of nitrogens with one attached hydrogen (secondary N) is 1. The predicted octanol–water partition coefficient (Wildman–Crippen LogP) is 4.91. The Morgan fingerprint density at radius 3 is 2.64 bits per heavy atom. The molecule has 1 aliphatic heterocycles. The Balaban J connectivity index is 1.51. The van der Waals surface area contributed by atoms with E-state index >= 15 is 0 Å². The number of benzene rings is 2. The van der Waals surface area contributed by atoms with Gasteiger partial charge in [0, 0.05) is 35.3 Å². The molecule has 0 radical (unpaired) electrons. The second-order valence-corrected chi connectivity index (χ2v) is 7.85. The molecule has 3 aromatic rings. The highest BCUT2D eigenvalue weighted by molar-refractivity contribution is 9.10. The van der Waals surface area contributed by atoms with Gasteiger partial charge in [0.05, 0.1) is 12.8 Å². The third kappa shape index (κ3) is 4.14. The van der Waals surface area contributed by atoms with Gasteiger partial charge < -0.3 is 19.2 Å². The molecule has 5 nitrogen and oxygen atoms in total. The summed E-state index contributed by atoms with van der Waals surface area (Å²) in [7, 11) is 1.65. The maximum Gasteiger partial charge on any atom is 0.226 e. The van der Waals surface area contributed by atoms with Crippen LogP contribution in [0.15, 0.2) is 63.7 Å². The van der Waals surface area contributed by atoms with Gasteiger partial charge in [-0.25, -0.2) is 4.98 Å².